The number of carbonyl (C=O) groups is 2. The zero-order valence-electron chi connectivity index (χ0n) is 8.53. The van der Waals surface area contributed by atoms with Crippen molar-refractivity contribution in [2.75, 3.05) is 0 Å². The van der Waals surface area contributed by atoms with E-state index in [9.17, 15) is 9.59 Å². The molecule has 1 aliphatic rings. The van der Waals surface area contributed by atoms with Gasteiger partial charge in [0.2, 0.25) is 0 Å². The second-order valence-corrected chi connectivity index (χ2v) is 3.72. The minimum absolute atomic E-state index is 0.121. The molecule has 0 aliphatic carbocycles. The monoisotopic (exact) mass is 204 g/mol. The fourth-order valence-electron chi connectivity index (χ4n) is 1.77. The third kappa shape index (κ3) is 1.91. The van der Waals surface area contributed by atoms with Crippen LogP contribution in [0.1, 0.15) is 41.8 Å². The highest BCUT2D eigenvalue weighted by Gasteiger charge is 2.30. The van der Waals surface area contributed by atoms with E-state index < -0.39 is 0 Å². The molecule has 1 aromatic rings. The Morgan fingerprint density at radius 3 is 2.87 bits per heavy atom. The first-order valence-electron chi connectivity index (χ1n) is 4.98. The molecule has 1 atom stereocenters. The van der Waals surface area contributed by atoms with Crippen molar-refractivity contribution in [3.63, 3.8) is 0 Å². The van der Waals surface area contributed by atoms with Crippen molar-refractivity contribution in [2.24, 2.45) is 0 Å². The summed E-state index contributed by atoms with van der Waals surface area (Å²) in [4.78, 5) is 22.3. The van der Waals surface area contributed by atoms with Crippen molar-refractivity contribution in [3.05, 3.63) is 35.4 Å². The fraction of sp³-hybridized carbons (Fsp3) is 0.333. The zero-order valence-corrected chi connectivity index (χ0v) is 8.53. The molecule has 2 rings (SSSR count). The van der Waals surface area contributed by atoms with E-state index in [1.165, 1.54) is 0 Å². The number of hydrogen-bond acceptors (Lipinski definition) is 3. The lowest BCUT2D eigenvalue weighted by atomic mass is 10.0. The number of benzene rings is 1. The second kappa shape index (κ2) is 3.85. The summed E-state index contributed by atoms with van der Waals surface area (Å²) in [6.45, 7) is 1.54. The molecule has 0 bridgehead atoms. The molecule has 1 aromatic carbocycles. The average molecular weight is 204 g/mol. The van der Waals surface area contributed by atoms with Crippen LogP contribution in [0, 0.1) is 0 Å². The molecule has 0 fully saturated rings. The molecular weight excluding hydrogens is 192 g/mol. The van der Waals surface area contributed by atoms with Crippen molar-refractivity contribution in [1.82, 2.24) is 0 Å². The van der Waals surface area contributed by atoms with E-state index in [0.29, 0.717) is 18.4 Å². The molecule has 1 unspecified atom stereocenters. The molecule has 1 aliphatic heterocycles. The summed E-state index contributed by atoms with van der Waals surface area (Å²) in [5.74, 6) is -0.158. The summed E-state index contributed by atoms with van der Waals surface area (Å²) in [6.07, 6.45) is 0.794. The van der Waals surface area contributed by atoms with Crippen LogP contribution in [0.25, 0.3) is 0 Å². The van der Waals surface area contributed by atoms with Crippen molar-refractivity contribution < 1.29 is 14.3 Å². The molecule has 0 N–H and O–H groups in total. The standard InChI is InChI=1S/C12H12O3/c1-8(13)6-7-11-9-4-2-3-5-10(9)12(14)15-11/h2-5,11H,6-7H2,1H3. The molecular formula is C12H12O3. The Kier molecular flexibility index (Phi) is 2.54. The van der Waals surface area contributed by atoms with Gasteiger partial charge >= 0.3 is 5.97 Å². The van der Waals surface area contributed by atoms with Crippen LogP contribution in [0.5, 0.6) is 0 Å². The van der Waals surface area contributed by atoms with Crippen molar-refractivity contribution >= 4 is 11.8 Å². The lowest BCUT2D eigenvalue weighted by molar-refractivity contribution is -0.117. The fourth-order valence-corrected chi connectivity index (χ4v) is 1.77. The predicted octanol–water partition coefficient (Wildman–Crippen LogP) is 2.27. The van der Waals surface area contributed by atoms with E-state index in [1.54, 1.807) is 13.0 Å². The number of carbonyl (C=O) groups excluding carboxylic acids is 2. The Morgan fingerprint density at radius 2 is 2.13 bits per heavy atom. The Bertz CT molecular complexity index is 409. The van der Waals surface area contributed by atoms with Crippen LogP contribution < -0.4 is 0 Å². The van der Waals surface area contributed by atoms with Crippen molar-refractivity contribution in [1.29, 1.82) is 0 Å². The maximum absolute atomic E-state index is 11.4. The number of hydrogen-bond donors (Lipinski definition) is 0. The number of ether oxygens (including phenoxy) is 1. The highest BCUT2D eigenvalue weighted by Crippen LogP contribution is 2.33. The molecule has 78 valence electrons. The SMILES string of the molecule is CC(=O)CCC1OC(=O)c2ccccc21. The molecule has 0 aromatic heterocycles. The van der Waals surface area contributed by atoms with Gasteiger partial charge in [0.15, 0.2) is 0 Å². The first-order chi connectivity index (χ1) is 7.18. The zero-order chi connectivity index (χ0) is 10.8. The molecule has 15 heavy (non-hydrogen) atoms. The van der Waals surface area contributed by atoms with Gasteiger partial charge in [-0.05, 0) is 19.4 Å². The van der Waals surface area contributed by atoms with Crippen molar-refractivity contribution in [3.8, 4) is 0 Å². The van der Waals surface area contributed by atoms with Gasteiger partial charge in [0.1, 0.15) is 11.9 Å². The Labute approximate surface area is 88.1 Å². The van der Waals surface area contributed by atoms with Gasteiger partial charge in [-0.2, -0.15) is 0 Å². The number of fused-ring (bicyclic) bond motifs is 1. The number of Topliss-reactive ketones (excluding diaryl/α,β-unsaturated/α-hetero) is 1. The van der Waals surface area contributed by atoms with Crippen molar-refractivity contribution in [2.45, 2.75) is 25.9 Å². The smallest absolute Gasteiger partial charge is 0.339 e. The molecule has 0 amide bonds. The molecule has 3 nitrogen and oxygen atoms in total. The Morgan fingerprint density at radius 1 is 1.40 bits per heavy atom. The van der Waals surface area contributed by atoms with E-state index in [-0.39, 0.29) is 17.9 Å². The average Bonchev–Trinajstić information content (AvgIpc) is 2.54. The number of ketones is 1. The third-order valence-corrected chi connectivity index (χ3v) is 2.54. The molecule has 0 radical (unpaired) electrons. The van der Waals surface area contributed by atoms with E-state index >= 15 is 0 Å². The summed E-state index contributed by atoms with van der Waals surface area (Å²) in [6, 6.07) is 7.32. The van der Waals surface area contributed by atoms with E-state index in [4.69, 9.17) is 4.74 Å². The first-order valence-corrected chi connectivity index (χ1v) is 4.98. The predicted molar refractivity (Wildman–Crippen MR) is 54.5 cm³/mol. The van der Waals surface area contributed by atoms with Gasteiger partial charge in [0, 0.05) is 12.0 Å². The van der Waals surface area contributed by atoms with Gasteiger partial charge in [-0.25, -0.2) is 4.79 Å². The summed E-state index contributed by atoms with van der Waals surface area (Å²) < 4.78 is 5.19. The van der Waals surface area contributed by atoms with Crippen LogP contribution in [-0.2, 0) is 9.53 Å². The van der Waals surface area contributed by atoms with Gasteiger partial charge in [0.05, 0.1) is 5.56 Å². The molecule has 0 saturated carbocycles. The summed E-state index contributed by atoms with van der Waals surface area (Å²) in [5.41, 5.74) is 1.54. The van der Waals surface area contributed by atoms with E-state index in [2.05, 4.69) is 0 Å². The summed E-state index contributed by atoms with van der Waals surface area (Å²) in [7, 11) is 0. The van der Waals surface area contributed by atoms with Crippen LogP contribution >= 0.6 is 0 Å². The first kappa shape index (κ1) is 9.90. The van der Waals surface area contributed by atoms with Gasteiger partial charge in [-0.1, -0.05) is 18.2 Å². The Hall–Kier alpha value is -1.64. The molecule has 3 heteroatoms. The van der Waals surface area contributed by atoms with E-state index in [0.717, 1.165) is 5.56 Å². The summed E-state index contributed by atoms with van der Waals surface area (Å²) in [5, 5.41) is 0. The van der Waals surface area contributed by atoms with Crippen LogP contribution in [0.4, 0.5) is 0 Å². The normalized spacial score (nSPS) is 18.5. The number of esters is 1. The third-order valence-electron chi connectivity index (χ3n) is 2.54. The lowest BCUT2D eigenvalue weighted by Crippen LogP contribution is -2.01. The Balaban J connectivity index is 2.17. The van der Waals surface area contributed by atoms with Gasteiger partial charge in [-0.3, -0.25) is 0 Å². The largest absolute Gasteiger partial charge is 0.454 e. The van der Waals surface area contributed by atoms with Gasteiger partial charge < -0.3 is 9.53 Å². The van der Waals surface area contributed by atoms with Crippen LogP contribution in [0.2, 0.25) is 0 Å². The second-order valence-electron chi connectivity index (χ2n) is 3.72. The summed E-state index contributed by atoms with van der Waals surface area (Å²) >= 11 is 0. The molecule has 1 heterocycles. The highest BCUT2D eigenvalue weighted by molar-refractivity contribution is 5.94. The van der Waals surface area contributed by atoms with Gasteiger partial charge in [0.25, 0.3) is 0 Å². The minimum atomic E-state index is -0.279. The maximum atomic E-state index is 11.4. The van der Waals surface area contributed by atoms with E-state index in [1.807, 2.05) is 18.2 Å². The lowest BCUT2D eigenvalue weighted by Gasteiger charge is -2.08. The highest BCUT2D eigenvalue weighted by atomic mass is 16.5. The van der Waals surface area contributed by atoms with Crippen LogP contribution in [0.15, 0.2) is 24.3 Å². The van der Waals surface area contributed by atoms with Crippen LogP contribution in [0.3, 0.4) is 0 Å². The minimum Gasteiger partial charge on any atom is -0.454 e. The quantitative estimate of drug-likeness (QED) is 0.709. The molecule has 0 spiro atoms. The number of cyclic esters (lactones) is 1. The number of rotatable bonds is 3. The topological polar surface area (TPSA) is 43.4 Å². The van der Waals surface area contributed by atoms with Crippen LogP contribution in [-0.4, -0.2) is 11.8 Å². The molecule has 0 saturated heterocycles. The maximum Gasteiger partial charge on any atom is 0.339 e. The van der Waals surface area contributed by atoms with Gasteiger partial charge in [-0.15, -0.1) is 0 Å².